The number of aliphatic hydroxyl groups is 2. The van der Waals surface area contributed by atoms with Gasteiger partial charge < -0.3 is 19.7 Å². The molecule has 0 radical (unpaired) electrons. The molecule has 21 heavy (non-hydrogen) atoms. The van der Waals surface area contributed by atoms with Gasteiger partial charge in [-0.05, 0) is 17.7 Å². The number of rotatable bonds is 7. The van der Waals surface area contributed by atoms with E-state index in [1.807, 2.05) is 0 Å². The number of benzene rings is 1. The van der Waals surface area contributed by atoms with Crippen molar-refractivity contribution < 1.29 is 29.3 Å². The largest absolute Gasteiger partial charge is 0.482 e. The Morgan fingerprint density at radius 2 is 1.86 bits per heavy atom. The van der Waals surface area contributed by atoms with Gasteiger partial charge in [-0.1, -0.05) is 23.9 Å². The molecule has 1 rings (SSSR count). The molecule has 0 aliphatic carbocycles. The molecule has 0 fully saturated rings. The van der Waals surface area contributed by atoms with Crippen LogP contribution < -0.4 is 4.74 Å². The monoisotopic (exact) mass is 314 g/mol. The minimum absolute atomic E-state index is 0.118. The Bertz CT molecular complexity index is 473. The predicted octanol–water partition coefficient (Wildman–Crippen LogP) is 0.912. The highest BCUT2D eigenvalue weighted by Gasteiger charge is 2.19. The molecule has 2 N–H and O–H groups in total. The summed E-state index contributed by atoms with van der Waals surface area (Å²) in [6.07, 6.45) is -2.13. The van der Waals surface area contributed by atoms with E-state index in [9.17, 15) is 19.8 Å². The number of aliphatic hydroxyl groups excluding tert-OH is 2. The fourth-order valence-corrected chi connectivity index (χ4v) is 2.07. The molecule has 0 aromatic heterocycles. The summed E-state index contributed by atoms with van der Waals surface area (Å²) in [4.78, 5) is 21.7. The van der Waals surface area contributed by atoms with Gasteiger partial charge in [0.25, 0.3) is 0 Å². The first-order chi connectivity index (χ1) is 9.93. The van der Waals surface area contributed by atoms with Crippen molar-refractivity contribution >= 4 is 22.8 Å². The third kappa shape index (κ3) is 6.16. The summed E-state index contributed by atoms with van der Waals surface area (Å²) in [7, 11) is 1.27. The standard InChI is InChI=1S/C14H18O6S/c1-9(15)21-8-12(16)14(18)10-3-5-11(6-4-10)20-7-13(17)19-2/h3-6,12,14,16,18H,7-8H2,1-2H3. The molecule has 0 amide bonds. The van der Waals surface area contributed by atoms with E-state index in [1.165, 1.54) is 14.0 Å². The van der Waals surface area contributed by atoms with Crippen molar-refractivity contribution in [3.05, 3.63) is 29.8 Å². The lowest BCUT2D eigenvalue weighted by Crippen LogP contribution is -2.21. The van der Waals surface area contributed by atoms with Gasteiger partial charge in [-0.15, -0.1) is 0 Å². The number of methoxy groups -OCH3 is 1. The van der Waals surface area contributed by atoms with Crippen LogP contribution in [-0.4, -0.2) is 46.9 Å². The van der Waals surface area contributed by atoms with Crippen LogP contribution in [0.3, 0.4) is 0 Å². The van der Waals surface area contributed by atoms with E-state index >= 15 is 0 Å². The van der Waals surface area contributed by atoms with Crippen molar-refractivity contribution in [2.45, 2.75) is 19.1 Å². The van der Waals surface area contributed by atoms with Crippen molar-refractivity contribution in [2.75, 3.05) is 19.5 Å². The Labute approximate surface area is 127 Å². The predicted molar refractivity (Wildman–Crippen MR) is 78.1 cm³/mol. The van der Waals surface area contributed by atoms with Gasteiger partial charge in [0.1, 0.15) is 11.9 Å². The number of carbonyl (C=O) groups is 2. The zero-order valence-electron chi connectivity index (χ0n) is 11.8. The van der Waals surface area contributed by atoms with Crippen LogP contribution in [0.1, 0.15) is 18.6 Å². The maximum Gasteiger partial charge on any atom is 0.343 e. The summed E-state index contributed by atoms with van der Waals surface area (Å²) in [5.74, 6) is 0.0802. The van der Waals surface area contributed by atoms with Gasteiger partial charge >= 0.3 is 5.97 Å². The SMILES string of the molecule is COC(=O)COc1ccc(C(O)C(O)CSC(C)=O)cc1. The Balaban J connectivity index is 2.56. The van der Waals surface area contributed by atoms with Crippen LogP contribution in [0.2, 0.25) is 0 Å². The van der Waals surface area contributed by atoms with Crippen molar-refractivity contribution in [3.63, 3.8) is 0 Å². The number of carbonyl (C=O) groups excluding carboxylic acids is 2. The Kier molecular flexibility index (Phi) is 7.21. The summed E-state index contributed by atoms with van der Waals surface area (Å²) < 4.78 is 9.61. The van der Waals surface area contributed by atoms with Crippen LogP contribution in [0.25, 0.3) is 0 Å². The third-order valence-electron chi connectivity index (χ3n) is 2.63. The van der Waals surface area contributed by atoms with Crippen LogP contribution in [0.4, 0.5) is 0 Å². The molecule has 2 atom stereocenters. The lowest BCUT2D eigenvalue weighted by molar-refractivity contribution is -0.142. The molecule has 2 unspecified atom stereocenters. The van der Waals surface area contributed by atoms with E-state index in [0.717, 1.165) is 11.8 Å². The summed E-state index contributed by atoms with van der Waals surface area (Å²) in [5.41, 5.74) is 0.497. The highest BCUT2D eigenvalue weighted by Crippen LogP contribution is 2.22. The van der Waals surface area contributed by atoms with Gasteiger partial charge in [0, 0.05) is 12.7 Å². The molecule has 0 aliphatic heterocycles. The molecule has 1 aromatic rings. The van der Waals surface area contributed by atoms with Gasteiger partial charge in [0.15, 0.2) is 11.7 Å². The van der Waals surface area contributed by atoms with Crippen LogP contribution in [-0.2, 0) is 14.3 Å². The van der Waals surface area contributed by atoms with Gasteiger partial charge in [0.05, 0.1) is 13.2 Å². The van der Waals surface area contributed by atoms with Crippen molar-refractivity contribution in [2.24, 2.45) is 0 Å². The zero-order valence-corrected chi connectivity index (χ0v) is 12.6. The highest BCUT2D eigenvalue weighted by molar-refractivity contribution is 8.13. The minimum Gasteiger partial charge on any atom is -0.482 e. The third-order valence-corrected chi connectivity index (χ3v) is 3.54. The second-order valence-electron chi connectivity index (χ2n) is 4.25. The molecule has 0 aliphatic rings. The lowest BCUT2D eigenvalue weighted by Gasteiger charge is -2.17. The quantitative estimate of drug-likeness (QED) is 0.723. The second-order valence-corrected chi connectivity index (χ2v) is 5.45. The summed E-state index contributed by atoms with van der Waals surface area (Å²) in [6, 6.07) is 6.32. The number of hydrogen-bond donors (Lipinski definition) is 2. The van der Waals surface area contributed by atoms with E-state index in [-0.39, 0.29) is 17.5 Å². The van der Waals surface area contributed by atoms with E-state index in [0.29, 0.717) is 11.3 Å². The van der Waals surface area contributed by atoms with E-state index in [1.54, 1.807) is 24.3 Å². The molecule has 0 bridgehead atoms. The Morgan fingerprint density at radius 1 is 1.24 bits per heavy atom. The van der Waals surface area contributed by atoms with Gasteiger partial charge in [0.2, 0.25) is 0 Å². The van der Waals surface area contributed by atoms with Crippen LogP contribution in [0.5, 0.6) is 5.75 Å². The average Bonchev–Trinajstić information content (AvgIpc) is 2.49. The van der Waals surface area contributed by atoms with E-state index < -0.39 is 18.2 Å². The molecule has 1 aromatic carbocycles. The topological polar surface area (TPSA) is 93.1 Å². The zero-order chi connectivity index (χ0) is 15.8. The molecule has 0 saturated heterocycles. The van der Waals surface area contributed by atoms with Crippen molar-refractivity contribution in [3.8, 4) is 5.75 Å². The summed E-state index contributed by atoms with van der Waals surface area (Å²) >= 11 is 0.954. The fourth-order valence-electron chi connectivity index (χ4n) is 1.48. The fraction of sp³-hybridized carbons (Fsp3) is 0.429. The van der Waals surface area contributed by atoms with Gasteiger partial charge in [-0.3, -0.25) is 4.79 Å². The van der Waals surface area contributed by atoms with Crippen molar-refractivity contribution in [1.82, 2.24) is 0 Å². The first kappa shape index (κ1) is 17.5. The second kappa shape index (κ2) is 8.66. The number of esters is 1. The molecule has 0 saturated carbocycles. The maximum atomic E-state index is 10.9. The van der Waals surface area contributed by atoms with Crippen LogP contribution in [0, 0.1) is 0 Å². The molecule has 116 valence electrons. The van der Waals surface area contributed by atoms with Gasteiger partial charge in [-0.25, -0.2) is 4.79 Å². The smallest absolute Gasteiger partial charge is 0.343 e. The average molecular weight is 314 g/mol. The summed E-state index contributed by atoms with van der Waals surface area (Å²) in [6.45, 7) is 1.20. The van der Waals surface area contributed by atoms with Gasteiger partial charge in [-0.2, -0.15) is 0 Å². The number of hydrogen-bond acceptors (Lipinski definition) is 7. The first-order valence-corrected chi connectivity index (χ1v) is 7.21. The van der Waals surface area contributed by atoms with E-state index in [2.05, 4.69) is 4.74 Å². The highest BCUT2D eigenvalue weighted by atomic mass is 32.2. The number of thioether (sulfide) groups is 1. The molecular formula is C14H18O6S. The normalized spacial score (nSPS) is 13.3. The molecule has 7 heteroatoms. The molecule has 6 nitrogen and oxygen atoms in total. The number of ether oxygens (including phenoxy) is 2. The molecular weight excluding hydrogens is 296 g/mol. The van der Waals surface area contributed by atoms with Crippen molar-refractivity contribution in [1.29, 1.82) is 0 Å². The lowest BCUT2D eigenvalue weighted by atomic mass is 10.1. The van der Waals surface area contributed by atoms with Crippen LogP contribution in [0.15, 0.2) is 24.3 Å². The molecule has 0 spiro atoms. The van der Waals surface area contributed by atoms with Crippen LogP contribution >= 0.6 is 11.8 Å². The Morgan fingerprint density at radius 3 is 2.38 bits per heavy atom. The molecule has 0 heterocycles. The minimum atomic E-state index is -1.09. The maximum absolute atomic E-state index is 10.9. The first-order valence-electron chi connectivity index (χ1n) is 6.23. The summed E-state index contributed by atoms with van der Waals surface area (Å²) in [5, 5.41) is 19.6. The Hall–Kier alpha value is -1.57. The van der Waals surface area contributed by atoms with E-state index in [4.69, 9.17) is 4.74 Å².